The molecule has 2 N–H and O–H groups in total. The highest BCUT2D eigenvalue weighted by molar-refractivity contribution is 9.11. The number of hydrogen-bond donors (Lipinski definition) is 1. The molecule has 1 aliphatic heterocycles. The van der Waals surface area contributed by atoms with Gasteiger partial charge in [-0.1, -0.05) is 0 Å². The highest BCUT2D eigenvalue weighted by Crippen LogP contribution is 2.33. The summed E-state index contributed by atoms with van der Waals surface area (Å²) in [7, 11) is -3.51. The van der Waals surface area contributed by atoms with Crippen LogP contribution in [0.15, 0.2) is 14.7 Å². The van der Waals surface area contributed by atoms with Gasteiger partial charge in [0, 0.05) is 18.0 Å². The lowest BCUT2D eigenvalue weighted by atomic mass is 10.1. The van der Waals surface area contributed by atoms with E-state index in [1.165, 1.54) is 15.6 Å². The molecule has 0 aromatic carbocycles. The standard InChI is InChI=1S/C10H13BrN2O3S2/c1-6-8(4-9(11)17-6)18(15,16)13-3-2-7(5-13)10(12)14/h4,7H,2-3,5H2,1H3,(H2,12,14). The summed E-state index contributed by atoms with van der Waals surface area (Å²) >= 11 is 4.66. The highest BCUT2D eigenvalue weighted by atomic mass is 79.9. The van der Waals surface area contributed by atoms with E-state index in [-0.39, 0.29) is 12.5 Å². The lowest BCUT2D eigenvalue weighted by Gasteiger charge is -2.15. The molecule has 1 atom stereocenters. The zero-order chi connectivity index (χ0) is 13.5. The summed E-state index contributed by atoms with van der Waals surface area (Å²) < 4.78 is 26.9. The van der Waals surface area contributed by atoms with Crippen LogP contribution in [0.1, 0.15) is 11.3 Å². The van der Waals surface area contributed by atoms with Gasteiger partial charge in [-0.25, -0.2) is 8.42 Å². The molecular formula is C10H13BrN2O3S2. The van der Waals surface area contributed by atoms with Crippen LogP contribution in [0.3, 0.4) is 0 Å². The van der Waals surface area contributed by atoms with Gasteiger partial charge >= 0.3 is 0 Å². The van der Waals surface area contributed by atoms with E-state index < -0.39 is 15.9 Å². The van der Waals surface area contributed by atoms with Crippen LogP contribution in [0.2, 0.25) is 0 Å². The Bertz CT molecular complexity index is 582. The Hall–Kier alpha value is -0.440. The first kappa shape index (κ1) is 14.0. The molecule has 0 radical (unpaired) electrons. The van der Waals surface area contributed by atoms with E-state index in [9.17, 15) is 13.2 Å². The van der Waals surface area contributed by atoms with E-state index in [4.69, 9.17) is 5.73 Å². The number of nitrogens with two attached hydrogens (primary N) is 1. The molecule has 1 aromatic heterocycles. The van der Waals surface area contributed by atoms with Gasteiger partial charge in [0.25, 0.3) is 0 Å². The third-order valence-corrected chi connectivity index (χ3v) is 6.69. The van der Waals surface area contributed by atoms with E-state index in [2.05, 4.69) is 15.9 Å². The van der Waals surface area contributed by atoms with Gasteiger partial charge in [-0.05, 0) is 35.3 Å². The average Bonchev–Trinajstić information content (AvgIpc) is 2.85. The number of halogens is 1. The van der Waals surface area contributed by atoms with Crippen molar-refractivity contribution in [1.82, 2.24) is 4.31 Å². The number of aryl methyl sites for hydroxylation is 1. The minimum atomic E-state index is -3.51. The number of carbonyl (C=O) groups excluding carboxylic acids is 1. The molecule has 0 saturated carbocycles. The van der Waals surface area contributed by atoms with Crippen molar-refractivity contribution in [2.45, 2.75) is 18.2 Å². The third-order valence-electron chi connectivity index (χ3n) is 3.01. The van der Waals surface area contributed by atoms with Gasteiger partial charge < -0.3 is 5.73 Å². The molecule has 2 rings (SSSR count). The predicted octanol–water partition coefficient (Wildman–Crippen LogP) is 1.31. The van der Waals surface area contributed by atoms with Crippen LogP contribution < -0.4 is 5.73 Å². The normalized spacial score (nSPS) is 21.3. The molecule has 0 aliphatic carbocycles. The largest absolute Gasteiger partial charge is 0.369 e. The Labute approximate surface area is 118 Å². The van der Waals surface area contributed by atoms with E-state index in [1.807, 2.05) is 0 Å². The van der Waals surface area contributed by atoms with Gasteiger partial charge in [0.15, 0.2) is 0 Å². The predicted molar refractivity (Wildman–Crippen MR) is 72.8 cm³/mol. The molecule has 0 spiro atoms. The Morgan fingerprint density at radius 1 is 1.61 bits per heavy atom. The van der Waals surface area contributed by atoms with Gasteiger partial charge in [-0.15, -0.1) is 11.3 Å². The minimum Gasteiger partial charge on any atom is -0.369 e. The molecule has 1 fully saturated rings. The van der Waals surface area contributed by atoms with Gasteiger partial charge in [-0.3, -0.25) is 4.79 Å². The lowest BCUT2D eigenvalue weighted by molar-refractivity contribution is -0.121. The number of hydrogen-bond acceptors (Lipinski definition) is 4. The number of sulfonamides is 1. The summed E-state index contributed by atoms with van der Waals surface area (Å²) in [4.78, 5) is 12.1. The third kappa shape index (κ3) is 2.47. The molecule has 1 amide bonds. The van der Waals surface area contributed by atoms with Crippen molar-refractivity contribution in [3.05, 3.63) is 14.7 Å². The molecule has 0 bridgehead atoms. The van der Waals surface area contributed by atoms with Gasteiger partial charge in [0.2, 0.25) is 15.9 Å². The number of rotatable bonds is 3. The molecule has 1 aliphatic rings. The Kier molecular flexibility index (Phi) is 3.82. The maximum atomic E-state index is 12.4. The second-order valence-corrected chi connectivity index (χ2v) is 8.76. The van der Waals surface area contributed by atoms with Crippen molar-refractivity contribution in [3.63, 3.8) is 0 Å². The Balaban J connectivity index is 2.28. The molecular weight excluding hydrogens is 340 g/mol. The molecule has 1 saturated heterocycles. The second kappa shape index (κ2) is 4.92. The lowest BCUT2D eigenvalue weighted by Crippen LogP contribution is -2.31. The maximum Gasteiger partial charge on any atom is 0.244 e. The van der Waals surface area contributed by atoms with Crippen molar-refractivity contribution < 1.29 is 13.2 Å². The molecule has 5 nitrogen and oxygen atoms in total. The van der Waals surface area contributed by atoms with E-state index >= 15 is 0 Å². The van der Waals surface area contributed by atoms with Crippen molar-refractivity contribution in [1.29, 1.82) is 0 Å². The molecule has 1 aromatic rings. The van der Waals surface area contributed by atoms with Crippen molar-refractivity contribution in [3.8, 4) is 0 Å². The van der Waals surface area contributed by atoms with E-state index in [0.717, 1.165) is 8.66 Å². The Morgan fingerprint density at radius 3 is 2.72 bits per heavy atom. The topological polar surface area (TPSA) is 80.5 Å². The first-order chi connectivity index (χ1) is 8.32. The van der Waals surface area contributed by atoms with Gasteiger partial charge in [0.05, 0.1) is 14.6 Å². The van der Waals surface area contributed by atoms with Crippen LogP contribution in [0.5, 0.6) is 0 Å². The number of carbonyl (C=O) groups is 1. The summed E-state index contributed by atoms with van der Waals surface area (Å²) in [5.41, 5.74) is 5.21. The van der Waals surface area contributed by atoms with E-state index in [0.29, 0.717) is 17.9 Å². The van der Waals surface area contributed by atoms with Crippen molar-refractivity contribution in [2.24, 2.45) is 11.7 Å². The smallest absolute Gasteiger partial charge is 0.244 e. The maximum absolute atomic E-state index is 12.4. The van der Waals surface area contributed by atoms with Crippen molar-refractivity contribution in [2.75, 3.05) is 13.1 Å². The van der Waals surface area contributed by atoms with Gasteiger partial charge in [-0.2, -0.15) is 4.31 Å². The molecule has 2 heterocycles. The fourth-order valence-corrected chi connectivity index (χ4v) is 5.89. The van der Waals surface area contributed by atoms with Crippen LogP contribution in [-0.4, -0.2) is 31.7 Å². The van der Waals surface area contributed by atoms with Crippen LogP contribution in [0.4, 0.5) is 0 Å². The first-order valence-electron chi connectivity index (χ1n) is 5.38. The quantitative estimate of drug-likeness (QED) is 0.890. The minimum absolute atomic E-state index is 0.185. The van der Waals surface area contributed by atoms with E-state index in [1.54, 1.807) is 13.0 Å². The van der Waals surface area contributed by atoms with Gasteiger partial charge in [0.1, 0.15) is 0 Å². The first-order valence-corrected chi connectivity index (χ1v) is 8.42. The van der Waals surface area contributed by atoms with Crippen LogP contribution in [0, 0.1) is 12.8 Å². The molecule has 18 heavy (non-hydrogen) atoms. The molecule has 1 unspecified atom stereocenters. The van der Waals surface area contributed by atoms with Crippen LogP contribution in [-0.2, 0) is 14.8 Å². The number of thiophene rings is 1. The number of amides is 1. The SMILES string of the molecule is Cc1sc(Br)cc1S(=O)(=O)N1CCC(C(N)=O)C1. The monoisotopic (exact) mass is 352 g/mol. The van der Waals surface area contributed by atoms with Crippen LogP contribution >= 0.6 is 27.3 Å². The fourth-order valence-electron chi connectivity index (χ4n) is 2.00. The summed E-state index contributed by atoms with van der Waals surface area (Å²) in [6.45, 7) is 2.30. The Morgan fingerprint density at radius 2 is 2.28 bits per heavy atom. The zero-order valence-electron chi connectivity index (χ0n) is 9.72. The fraction of sp³-hybridized carbons (Fsp3) is 0.500. The molecule has 8 heteroatoms. The van der Waals surface area contributed by atoms with Crippen molar-refractivity contribution >= 4 is 43.2 Å². The summed E-state index contributed by atoms with van der Waals surface area (Å²) in [6.07, 6.45) is 0.499. The highest BCUT2D eigenvalue weighted by Gasteiger charge is 2.36. The summed E-state index contributed by atoms with van der Waals surface area (Å²) in [5, 5.41) is 0. The summed E-state index contributed by atoms with van der Waals surface area (Å²) in [5.74, 6) is -0.807. The average molecular weight is 353 g/mol. The zero-order valence-corrected chi connectivity index (χ0v) is 12.9. The number of primary amides is 1. The van der Waals surface area contributed by atoms with Crippen LogP contribution in [0.25, 0.3) is 0 Å². The molecule has 100 valence electrons. The second-order valence-electron chi connectivity index (χ2n) is 4.22. The summed E-state index contributed by atoms with van der Waals surface area (Å²) in [6, 6.07) is 1.60. The number of nitrogens with zero attached hydrogens (tertiary/aromatic N) is 1.